The minimum atomic E-state index is 0.421. The molecule has 90 valence electrons. The van der Waals surface area contributed by atoms with Gasteiger partial charge in [0.2, 0.25) is 17.6 Å². The lowest BCUT2D eigenvalue weighted by Gasteiger charge is -1.96. The summed E-state index contributed by atoms with van der Waals surface area (Å²) in [7, 11) is 1.53. The molecular weight excluding hydrogens is 244 g/mol. The maximum Gasteiger partial charge on any atom is 0.233 e. The Hall–Kier alpha value is -1.69. The second-order valence-corrected chi connectivity index (χ2v) is 3.64. The van der Waals surface area contributed by atoms with Gasteiger partial charge in [0.05, 0.1) is 7.11 Å². The van der Waals surface area contributed by atoms with Crippen LogP contribution in [0.5, 0.6) is 5.88 Å². The lowest BCUT2D eigenvalue weighted by Crippen LogP contribution is -1.93. The number of hydrogen-bond acceptors (Lipinski definition) is 6. The van der Waals surface area contributed by atoms with Crippen LogP contribution in [0.3, 0.4) is 0 Å². The molecule has 0 amide bonds. The van der Waals surface area contributed by atoms with Crippen LogP contribution in [-0.2, 0) is 6.42 Å². The summed E-state index contributed by atoms with van der Waals surface area (Å²) in [6, 6.07) is 3.42. The minimum absolute atomic E-state index is 0.421. The van der Waals surface area contributed by atoms with Crippen molar-refractivity contribution >= 4 is 11.6 Å². The van der Waals surface area contributed by atoms with Crippen LogP contribution in [0.25, 0.3) is 11.5 Å². The Morgan fingerprint density at radius 1 is 1.35 bits per heavy atom. The third-order valence-electron chi connectivity index (χ3n) is 2.07. The fraction of sp³-hybridized carbons (Fsp3) is 0.400. The van der Waals surface area contributed by atoms with Crippen LogP contribution in [0.15, 0.2) is 16.7 Å². The molecule has 0 bridgehead atoms. The SMILES string of the molecule is COc1ccc(-c2noc(CCCCl)n2)nn1. The number of methoxy groups -OCH3 is 1. The van der Waals surface area contributed by atoms with Crippen molar-refractivity contribution in [2.75, 3.05) is 13.0 Å². The third-order valence-corrected chi connectivity index (χ3v) is 2.34. The summed E-state index contributed by atoms with van der Waals surface area (Å²) < 4.78 is 9.97. The average Bonchev–Trinajstić information content (AvgIpc) is 2.85. The Balaban J connectivity index is 2.12. The van der Waals surface area contributed by atoms with Crippen LogP contribution in [0.4, 0.5) is 0 Å². The van der Waals surface area contributed by atoms with Crippen LogP contribution in [0.1, 0.15) is 12.3 Å². The van der Waals surface area contributed by atoms with E-state index in [4.69, 9.17) is 20.9 Å². The number of alkyl halides is 1. The van der Waals surface area contributed by atoms with Gasteiger partial charge >= 0.3 is 0 Å². The maximum atomic E-state index is 5.58. The van der Waals surface area contributed by atoms with Gasteiger partial charge in [0.25, 0.3) is 0 Å². The normalized spacial score (nSPS) is 10.5. The predicted molar refractivity (Wildman–Crippen MR) is 60.9 cm³/mol. The molecule has 0 aromatic carbocycles. The molecule has 2 rings (SSSR count). The zero-order valence-electron chi connectivity index (χ0n) is 9.26. The Morgan fingerprint density at radius 3 is 2.88 bits per heavy atom. The highest BCUT2D eigenvalue weighted by molar-refractivity contribution is 6.17. The number of aryl methyl sites for hydroxylation is 1. The monoisotopic (exact) mass is 254 g/mol. The van der Waals surface area contributed by atoms with Crippen molar-refractivity contribution < 1.29 is 9.26 Å². The predicted octanol–water partition coefficient (Wildman–Crippen LogP) is 1.71. The lowest BCUT2D eigenvalue weighted by atomic mass is 10.3. The summed E-state index contributed by atoms with van der Waals surface area (Å²) in [5.74, 6) is 1.99. The zero-order chi connectivity index (χ0) is 12.1. The first-order chi connectivity index (χ1) is 8.33. The highest BCUT2D eigenvalue weighted by atomic mass is 35.5. The molecule has 0 saturated carbocycles. The molecule has 0 aliphatic heterocycles. The van der Waals surface area contributed by atoms with E-state index in [9.17, 15) is 0 Å². The van der Waals surface area contributed by atoms with Crippen molar-refractivity contribution in [3.8, 4) is 17.4 Å². The number of halogens is 1. The number of ether oxygens (including phenoxy) is 1. The molecule has 0 atom stereocenters. The van der Waals surface area contributed by atoms with Gasteiger partial charge in [-0.2, -0.15) is 4.98 Å². The number of hydrogen-bond donors (Lipinski definition) is 0. The first-order valence-corrected chi connectivity index (χ1v) is 5.63. The van der Waals surface area contributed by atoms with Crippen molar-refractivity contribution in [1.82, 2.24) is 20.3 Å². The number of aromatic nitrogens is 4. The fourth-order valence-corrected chi connectivity index (χ4v) is 1.36. The smallest absolute Gasteiger partial charge is 0.233 e. The Kier molecular flexibility index (Phi) is 3.87. The van der Waals surface area contributed by atoms with Gasteiger partial charge in [-0.1, -0.05) is 5.16 Å². The van der Waals surface area contributed by atoms with Crippen molar-refractivity contribution in [2.45, 2.75) is 12.8 Å². The van der Waals surface area contributed by atoms with Crippen molar-refractivity contribution in [2.24, 2.45) is 0 Å². The molecule has 0 aliphatic rings. The Bertz CT molecular complexity index is 471. The summed E-state index contributed by atoms with van der Waals surface area (Å²) in [5, 5.41) is 11.6. The molecule has 6 nitrogen and oxygen atoms in total. The zero-order valence-corrected chi connectivity index (χ0v) is 10.0. The first kappa shape index (κ1) is 11.8. The van der Waals surface area contributed by atoms with Crippen LogP contribution < -0.4 is 4.74 Å². The number of rotatable bonds is 5. The lowest BCUT2D eigenvalue weighted by molar-refractivity contribution is 0.377. The molecule has 7 heteroatoms. The van der Waals surface area contributed by atoms with Gasteiger partial charge in [0, 0.05) is 18.4 Å². The van der Waals surface area contributed by atoms with Gasteiger partial charge in [0.15, 0.2) is 0 Å². The Morgan fingerprint density at radius 2 is 2.24 bits per heavy atom. The summed E-state index contributed by atoms with van der Waals surface area (Å²) in [5.41, 5.74) is 0.548. The molecule has 0 spiro atoms. The van der Waals surface area contributed by atoms with Gasteiger partial charge in [-0.05, 0) is 12.5 Å². The maximum absolute atomic E-state index is 5.58. The minimum Gasteiger partial charge on any atom is -0.480 e. The highest BCUT2D eigenvalue weighted by Gasteiger charge is 2.10. The molecule has 2 heterocycles. The van der Waals surface area contributed by atoms with Crippen molar-refractivity contribution in [3.05, 3.63) is 18.0 Å². The van der Waals surface area contributed by atoms with Gasteiger partial charge in [-0.3, -0.25) is 0 Å². The Labute approximate surface area is 103 Å². The molecule has 0 saturated heterocycles. The summed E-state index contributed by atoms with van der Waals surface area (Å²) in [6.07, 6.45) is 1.47. The largest absolute Gasteiger partial charge is 0.480 e. The highest BCUT2D eigenvalue weighted by Crippen LogP contribution is 2.14. The van der Waals surface area contributed by atoms with E-state index in [1.54, 1.807) is 12.1 Å². The van der Waals surface area contributed by atoms with E-state index >= 15 is 0 Å². The molecule has 2 aromatic heterocycles. The van der Waals surface area contributed by atoms with Crippen LogP contribution in [0, 0.1) is 0 Å². The second kappa shape index (κ2) is 5.58. The van der Waals surface area contributed by atoms with E-state index in [2.05, 4.69) is 20.3 Å². The van der Waals surface area contributed by atoms with Crippen LogP contribution in [0.2, 0.25) is 0 Å². The molecule has 0 aliphatic carbocycles. The standard InChI is InChI=1S/C10H11ClN4O2/c1-16-9-5-4-7(13-14-9)10-12-8(17-15-10)3-2-6-11/h4-5H,2-3,6H2,1H3. The molecule has 2 aromatic rings. The van der Waals surface area contributed by atoms with E-state index in [-0.39, 0.29) is 0 Å². The first-order valence-electron chi connectivity index (χ1n) is 5.10. The van der Waals surface area contributed by atoms with Gasteiger partial charge < -0.3 is 9.26 Å². The molecule has 0 fully saturated rings. The fourth-order valence-electron chi connectivity index (χ4n) is 1.23. The van der Waals surface area contributed by atoms with E-state index in [1.165, 1.54) is 7.11 Å². The van der Waals surface area contributed by atoms with Gasteiger partial charge in [-0.25, -0.2) is 0 Å². The second-order valence-electron chi connectivity index (χ2n) is 3.27. The van der Waals surface area contributed by atoms with Crippen LogP contribution in [-0.4, -0.2) is 33.3 Å². The van der Waals surface area contributed by atoms with E-state index in [0.717, 1.165) is 6.42 Å². The molecular formula is C10H11ClN4O2. The quantitative estimate of drug-likeness (QED) is 0.756. The van der Waals surface area contributed by atoms with Gasteiger partial charge in [0.1, 0.15) is 5.69 Å². The molecule has 17 heavy (non-hydrogen) atoms. The van der Waals surface area contributed by atoms with E-state index < -0.39 is 0 Å². The van der Waals surface area contributed by atoms with Crippen molar-refractivity contribution in [1.29, 1.82) is 0 Å². The van der Waals surface area contributed by atoms with Crippen molar-refractivity contribution in [3.63, 3.8) is 0 Å². The average molecular weight is 255 g/mol. The molecule has 0 unspecified atom stereocenters. The molecule has 0 radical (unpaired) electrons. The topological polar surface area (TPSA) is 73.9 Å². The summed E-state index contributed by atoms with van der Waals surface area (Å²) in [6.45, 7) is 0. The number of nitrogens with zero attached hydrogens (tertiary/aromatic N) is 4. The summed E-state index contributed by atoms with van der Waals surface area (Å²) >= 11 is 5.58. The summed E-state index contributed by atoms with van der Waals surface area (Å²) in [4.78, 5) is 4.19. The van der Waals surface area contributed by atoms with Gasteiger partial charge in [-0.15, -0.1) is 21.8 Å². The van der Waals surface area contributed by atoms with E-state index in [1.807, 2.05) is 0 Å². The van der Waals surface area contributed by atoms with E-state index in [0.29, 0.717) is 35.6 Å². The molecule has 0 N–H and O–H groups in total. The van der Waals surface area contributed by atoms with Crippen LogP contribution >= 0.6 is 11.6 Å². The third kappa shape index (κ3) is 2.91.